The Labute approximate surface area is 122 Å². The van der Waals surface area contributed by atoms with Crippen molar-refractivity contribution in [3.05, 3.63) is 48.2 Å². The van der Waals surface area contributed by atoms with Crippen LogP contribution in [0, 0.1) is 11.3 Å². The van der Waals surface area contributed by atoms with Gasteiger partial charge in [0.1, 0.15) is 11.9 Å². The molecule has 0 amide bonds. The number of hydrogen-bond acceptors (Lipinski definition) is 4. The van der Waals surface area contributed by atoms with E-state index in [2.05, 4.69) is 16.4 Å². The van der Waals surface area contributed by atoms with E-state index in [-0.39, 0.29) is 6.42 Å². The molecule has 2 aromatic rings. The van der Waals surface area contributed by atoms with Crippen molar-refractivity contribution >= 4 is 11.8 Å². The first kappa shape index (κ1) is 14.5. The highest BCUT2D eigenvalue weighted by Gasteiger charge is 2.06. The highest BCUT2D eigenvalue weighted by atomic mass is 16.4. The molecule has 21 heavy (non-hydrogen) atoms. The molecule has 1 heterocycles. The zero-order valence-electron chi connectivity index (χ0n) is 11.4. The molecular formula is C16H15N3O2. The van der Waals surface area contributed by atoms with E-state index in [9.17, 15) is 10.1 Å². The van der Waals surface area contributed by atoms with Crippen molar-refractivity contribution in [2.75, 3.05) is 11.9 Å². The van der Waals surface area contributed by atoms with Gasteiger partial charge in [0.05, 0.1) is 5.56 Å². The van der Waals surface area contributed by atoms with Gasteiger partial charge in [0.15, 0.2) is 0 Å². The third-order valence-corrected chi connectivity index (χ3v) is 2.98. The summed E-state index contributed by atoms with van der Waals surface area (Å²) in [5, 5.41) is 20.8. The first-order valence-electron chi connectivity index (χ1n) is 6.62. The second kappa shape index (κ2) is 7.06. The van der Waals surface area contributed by atoms with Crippen molar-refractivity contribution in [3.8, 4) is 17.2 Å². The normalized spacial score (nSPS) is 9.86. The fourth-order valence-electron chi connectivity index (χ4n) is 1.93. The molecule has 0 atom stereocenters. The monoisotopic (exact) mass is 281 g/mol. The van der Waals surface area contributed by atoms with Gasteiger partial charge in [-0.1, -0.05) is 30.3 Å². The predicted octanol–water partition coefficient (Wildman–Crippen LogP) is 2.90. The summed E-state index contributed by atoms with van der Waals surface area (Å²) in [6.07, 6.45) is 2.29. The number of anilines is 1. The molecule has 5 heteroatoms. The maximum absolute atomic E-state index is 10.4. The zero-order valence-corrected chi connectivity index (χ0v) is 11.4. The number of aromatic nitrogens is 1. The number of pyridine rings is 1. The molecule has 1 aromatic heterocycles. The number of carboxylic acid groups (broad SMARTS) is 1. The van der Waals surface area contributed by atoms with E-state index in [1.807, 2.05) is 30.3 Å². The van der Waals surface area contributed by atoms with Gasteiger partial charge in [0.2, 0.25) is 0 Å². The Morgan fingerprint density at radius 3 is 2.71 bits per heavy atom. The Morgan fingerprint density at radius 1 is 1.29 bits per heavy atom. The minimum Gasteiger partial charge on any atom is -0.481 e. The van der Waals surface area contributed by atoms with Gasteiger partial charge in [-0.25, -0.2) is 4.98 Å². The Kier molecular flexibility index (Phi) is 4.89. The number of nitriles is 1. The lowest BCUT2D eigenvalue weighted by atomic mass is 10.1. The Balaban J connectivity index is 2.10. The molecule has 0 fully saturated rings. The molecule has 2 rings (SSSR count). The van der Waals surface area contributed by atoms with Gasteiger partial charge in [-0.2, -0.15) is 5.26 Å². The summed E-state index contributed by atoms with van der Waals surface area (Å²) in [5.41, 5.74) is 2.33. The maximum Gasteiger partial charge on any atom is 0.303 e. The van der Waals surface area contributed by atoms with E-state index in [4.69, 9.17) is 5.11 Å². The summed E-state index contributed by atoms with van der Waals surface area (Å²) < 4.78 is 0. The molecule has 1 aromatic carbocycles. The van der Waals surface area contributed by atoms with Crippen molar-refractivity contribution in [2.24, 2.45) is 0 Å². The van der Waals surface area contributed by atoms with Gasteiger partial charge in [0.25, 0.3) is 0 Å². The summed E-state index contributed by atoms with van der Waals surface area (Å²) in [4.78, 5) is 14.7. The third kappa shape index (κ3) is 4.05. The van der Waals surface area contributed by atoms with Crippen LogP contribution in [0.1, 0.15) is 18.4 Å². The molecule has 106 valence electrons. The fourth-order valence-corrected chi connectivity index (χ4v) is 1.93. The molecule has 0 radical (unpaired) electrons. The number of carbonyl (C=O) groups is 1. The van der Waals surface area contributed by atoms with Gasteiger partial charge >= 0.3 is 5.97 Å². The van der Waals surface area contributed by atoms with Crippen molar-refractivity contribution in [2.45, 2.75) is 12.8 Å². The van der Waals surface area contributed by atoms with Crippen LogP contribution in [-0.4, -0.2) is 22.6 Å². The summed E-state index contributed by atoms with van der Waals surface area (Å²) >= 11 is 0. The number of nitrogens with zero attached hydrogens (tertiary/aromatic N) is 2. The van der Waals surface area contributed by atoms with Crippen molar-refractivity contribution in [1.82, 2.24) is 4.98 Å². The van der Waals surface area contributed by atoms with Crippen LogP contribution < -0.4 is 5.32 Å². The quantitative estimate of drug-likeness (QED) is 0.795. The van der Waals surface area contributed by atoms with Crippen molar-refractivity contribution in [1.29, 1.82) is 5.26 Å². The second-order valence-corrected chi connectivity index (χ2v) is 4.52. The van der Waals surface area contributed by atoms with Gasteiger partial charge in [-0.3, -0.25) is 4.79 Å². The van der Waals surface area contributed by atoms with Gasteiger partial charge in [-0.05, 0) is 18.1 Å². The molecule has 2 N–H and O–H groups in total. The van der Waals surface area contributed by atoms with E-state index >= 15 is 0 Å². The van der Waals surface area contributed by atoms with Crippen molar-refractivity contribution in [3.63, 3.8) is 0 Å². The van der Waals surface area contributed by atoms with Crippen LogP contribution in [0.3, 0.4) is 0 Å². The van der Waals surface area contributed by atoms with Crippen LogP contribution in [0.2, 0.25) is 0 Å². The standard InChI is InChI=1S/C16H15N3O2/c17-10-13-9-14(12-5-2-1-3-6-12)11-19-16(13)18-8-4-7-15(20)21/h1-3,5-6,9,11H,4,7-8H2,(H,18,19)(H,20,21). The number of rotatable bonds is 6. The first-order valence-corrected chi connectivity index (χ1v) is 6.62. The smallest absolute Gasteiger partial charge is 0.303 e. The van der Waals surface area contributed by atoms with Crippen LogP contribution in [-0.2, 0) is 4.79 Å². The average Bonchev–Trinajstić information content (AvgIpc) is 2.52. The third-order valence-electron chi connectivity index (χ3n) is 2.98. The topological polar surface area (TPSA) is 86.0 Å². The fraction of sp³-hybridized carbons (Fsp3) is 0.188. The maximum atomic E-state index is 10.4. The predicted molar refractivity (Wildman–Crippen MR) is 79.7 cm³/mol. The number of carboxylic acids is 1. The lowest BCUT2D eigenvalue weighted by molar-refractivity contribution is -0.137. The van der Waals surface area contributed by atoms with Crippen LogP contribution in [0.15, 0.2) is 42.6 Å². The van der Waals surface area contributed by atoms with E-state index in [0.717, 1.165) is 11.1 Å². The Morgan fingerprint density at radius 2 is 2.05 bits per heavy atom. The highest BCUT2D eigenvalue weighted by molar-refractivity contribution is 5.68. The lowest BCUT2D eigenvalue weighted by Gasteiger charge is -2.08. The molecule has 0 unspecified atom stereocenters. The van der Waals surface area contributed by atoms with E-state index in [1.165, 1.54) is 0 Å². The molecule has 0 aliphatic carbocycles. The minimum atomic E-state index is -0.829. The summed E-state index contributed by atoms with van der Waals surface area (Å²) in [7, 11) is 0. The SMILES string of the molecule is N#Cc1cc(-c2ccccc2)cnc1NCCCC(=O)O. The van der Waals surface area contributed by atoms with E-state index in [0.29, 0.717) is 24.3 Å². The summed E-state index contributed by atoms with van der Waals surface area (Å²) in [6.45, 7) is 0.471. The Bertz CT molecular complexity index is 663. The van der Waals surface area contributed by atoms with Crippen molar-refractivity contribution < 1.29 is 9.90 Å². The molecule has 0 bridgehead atoms. The number of aliphatic carboxylic acids is 1. The molecule has 0 aliphatic heterocycles. The Hall–Kier alpha value is -2.87. The van der Waals surface area contributed by atoms with Gasteiger partial charge < -0.3 is 10.4 Å². The highest BCUT2D eigenvalue weighted by Crippen LogP contribution is 2.22. The molecule has 0 spiro atoms. The molecule has 0 aliphatic rings. The number of hydrogen-bond donors (Lipinski definition) is 2. The van der Waals surface area contributed by atoms with Gasteiger partial charge in [0, 0.05) is 24.7 Å². The van der Waals surface area contributed by atoms with E-state index in [1.54, 1.807) is 12.3 Å². The minimum absolute atomic E-state index is 0.0942. The van der Waals surface area contributed by atoms with Gasteiger partial charge in [-0.15, -0.1) is 0 Å². The molecular weight excluding hydrogens is 266 g/mol. The molecule has 5 nitrogen and oxygen atoms in total. The van der Waals surface area contributed by atoms with Crippen LogP contribution in [0.25, 0.3) is 11.1 Å². The van der Waals surface area contributed by atoms with Crippen LogP contribution >= 0.6 is 0 Å². The summed E-state index contributed by atoms with van der Waals surface area (Å²) in [6, 6.07) is 13.6. The summed E-state index contributed by atoms with van der Waals surface area (Å²) in [5.74, 6) is -0.340. The number of benzene rings is 1. The number of nitrogens with one attached hydrogen (secondary N) is 1. The molecule has 0 saturated carbocycles. The second-order valence-electron chi connectivity index (χ2n) is 4.52. The molecule has 0 saturated heterocycles. The van der Waals surface area contributed by atoms with Crippen LogP contribution in [0.4, 0.5) is 5.82 Å². The average molecular weight is 281 g/mol. The van der Waals surface area contributed by atoms with Crippen LogP contribution in [0.5, 0.6) is 0 Å². The largest absolute Gasteiger partial charge is 0.481 e. The zero-order chi connectivity index (χ0) is 15.1. The first-order chi connectivity index (χ1) is 10.2. The van der Waals surface area contributed by atoms with E-state index < -0.39 is 5.97 Å². The lowest BCUT2D eigenvalue weighted by Crippen LogP contribution is -2.07.